The Morgan fingerprint density at radius 2 is 2.06 bits per heavy atom. The molecule has 0 aliphatic carbocycles. The first-order valence-electron chi connectivity index (χ1n) is 11.1. The number of piperidine rings is 1. The normalized spacial score (nSPS) is 19.3. The van der Waals surface area contributed by atoms with Crippen molar-refractivity contribution in [3.8, 4) is 6.07 Å². The van der Waals surface area contributed by atoms with Gasteiger partial charge >= 0.3 is 0 Å². The summed E-state index contributed by atoms with van der Waals surface area (Å²) in [7, 11) is 0. The van der Waals surface area contributed by atoms with Gasteiger partial charge in [-0.3, -0.25) is 9.36 Å². The standard InChI is InChI=1S/C23H27N7O2/c24-13-16-3-4-19(28-8-10-32-11-9-28)12-17(16)14-30-22(31)21-20(5-6-26-21)27-23(30)29-7-1-2-18(25)15-29/h3-6,12,18,26H,1-2,7-11,14-15,25H2/t18-/m1/s1. The van der Waals surface area contributed by atoms with Crippen LogP contribution >= 0.6 is 0 Å². The first-order valence-corrected chi connectivity index (χ1v) is 11.1. The van der Waals surface area contributed by atoms with Crippen molar-refractivity contribution in [3.63, 3.8) is 0 Å². The highest BCUT2D eigenvalue weighted by Crippen LogP contribution is 2.24. The van der Waals surface area contributed by atoms with Crippen molar-refractivity contribution >= 4 is 22.7 Å². The Bertz CT molecular complexity index is 1220. The van der Waals surface area contributed by atoms with E-state index in [-0.39, 0.29) is 18.1 Å². The van der Waals surface area contributed by atoms with Crippen LogP contribution < -0.4 is 21.1 Å². The molecule has 1 atom stereocenters. The predicted octanol–water partition coefficient (Wildman–Crippen LogP) is 1.41. The molecule has 5 rings (SSSR count). The van der Waals surface area contributed by atoms with Crippen molar-refractivity contribution in [2.75, 3.05) is 49.2 Å². The van der Waals surface area contributed by atoms with Crippen LogP contribution in [0.4, 0.5) is 11.6 Å². The van der Waals surface area contributed by atoms with E-state index in [1.54, 1.807) is 10.8 Å². The van der Waals surface area contributed by atoms with Crippen molar-refractivity contribution in [1.82, 2.24) is 14.5 Å². The fourth-order valence-corrected chi connectivity index (χ4v) is 4.60. The van der Waals surface area contributed by atoms with E-state index in [1.165, 1.54) is 0 Å². The summed E-state index contributed by atoms with van der Waals surface area (Å²) < 4.78 is 7.14. The number of aromatic nitrogens is 3. The van der Waals surface area contributed by atoms with E-state index in [4.69, 9.17) is 15.5 Å². The maximum absolute atomic E-state index is 13.4. The molecule has 0 amide bonds. The Balaban J connectivity index is 1.59. The molecule has 166 valence electrons. The molecule has 2 aliphatic heterocycles. The lowest BCUT2D eigenvalue weighted by molar-refractivity contribution is 0.122. The smallest absolute Gasteiger partial charge is 0.279 e. The lowest BCUT2D eigenvalue weighted by Gasteiger charge is -2.33. The summed E-state index contributed by atoms with van der Waals surface area (Å²) in [5, 5.41) is 9.74. The molecule has 9 nitrogen and oxygen atoms in total. The lowest BCUT2D eigenvalue weighted by Crippen LogP contribution is -2.45. The average molecular weight is 434 g/mol. The van der Waals surface area contributed by atoms with Crippen molar-refractivity contribution in [2.45, 2.75) is 25.4 Å². The predicted molar refractivity (Wildman–Crippen MR) is 123 cm³/mol. The highest BCUT2D eigenvalue weighted by Gasteiger charge is 2.24. The highest BCUT2D eigenvalue weighted by atomic mass is 16.5. The number of anilines is 2. The van der Waals surface area contributed by atoms with Crippen molar-refractivity contribution in [2.24, 2.45) is 5.73 Å². The number of morpholine rings is 1. The third-order valence-electron chi connectivity index (χ3n) is 6.30. The molecule has 1 aromatic carbocycles. The van der Waals surface area contributed by atoms with E-state index < -0.39 is 0 Å². The van der Waals surface area contributed by atoms with Gasteiger partial charge in [-0.1, -0.05) is 0 Å². The zero-order chi connectivity index (χ0) is 22.1. The Morgan fingerprint density at radius 1 is 1.22 bits per heavy atom. The molecule has 32 heavy (non-hydrogen) atoms. The maximum Gasteiger partial charge on any atom is 0.279 e. The second kappa shape index (κ2) is 8.65. The molecule has 0 unspecified atom stereocenters. The summed E-state index contributed by atoms with van der Waals surface area (Å²) in [5.74, 6) is 0.609. The van der Waals surface area contributed by atoms with E-state index in [9.17, 15) is 10.1 Å². The van der Waals surface area contributed by atoms with Crippen LogP contribution in [-0.2, 0) is 11.3 Å². The summed E-state index contributed by atoms with van der Waals surface area (Å²) in [4.78, 5) is 25.6. The minimum absolute atomic E-state index is 0.0512. The third-order valence-corrected chi connectivity index (χ3v) is 6.30. The quantitative estimate of drug-likeness (QED) is 0.639. The molecule has 2 aliphatic rings. The molecule has 0 bridgehead atoms. The van der Waals surface area contributed by atoms with E-state index in [2.05, 4.69) is 20.9 Å². The van der Waals surface area contributed by atoms with Gasteiger partial charge in [0.2, 0.25) is 5.95 Å². The van der Waals surface area contributed by atoms with E-state index in [1.807, 2.05) is 24.3 Å². The molecule has 9 heteroatoms. The summed E-state index contributed by atoms with van der Waals surface area (Å²) in [6, 6.07) is 9.96. The number of H-pyrrole nitrogens is 1. The number of fused-ring (bicyclic) bond motifs is 1. The number of benzene rings is 1. The minimum Gasteiger partial charge on any atom is -0.378 e. The average Bonchev–Trinajstić information content (AvgIpc) is 3.30. The fourth-order valence-electron chi connectivity index (χ4n) is 4.60. The fraction of sp³-hybridized carbons (Fsp3) is 0.435. The van der Waals surface area contributed by atoms with Gasteiger partial charge < -0.3 is 25.3 Å². The summed E-state index contributed by atoms with van der Waals surface area (Å²) in [5.41, 5.74) is 9.58. The summed E-state index contributed by atoms with van der Waals surface area (Å²) in [6.45, 7) is 4.69. The zero-order valence-electron chi connectivity index (χ0n) is 18.0. The molecule has 3 N–H and O–H groups in total. The number of nitrogens with two attached hydrogens (primary N) is 1. The molecular weight excluding hydrogens is 406 g/mol. The molecular formula is C23H27N7O2. The van der Waals surface area contributed by atoms with Gasteiger partial charge in [0, 0.05) is 44.1 Å². The number of nitrogens with one attached hydrogen (secondary N) is 1. The van der Waals surface area contributed by atoms with E-state index in [0.717, 1.165) is 43.7 Å². The van der Waals surface area contributed by atoms with Crippen LogP contribution in [0.2, 0.25) is 0 Å². The van der Waals surface area contributed by atoms with Gasteiger partial charge in [0.1, 0.15) is 5.52 Å². The lowest BCUT2D eigenvalue weighted by atomic mass is 10.1. The van der Waals surface area contributed by atoms with Gasteiger partial charge in [0.15, 0.2) is 0 Å². The first-order chi connectivity index (χ1) is 15.6. The van der Waals surface area contributed by atoms with Crippen LogP contribution in [0.5, 0.6) is 0 Å². The zero-order valence-corrected chi connectivity index (χ0v) is 18.0. The summed E-state index contributed by atoms with van der Waals surface area (Å²) >= 11 is 0. The topological polar surface area (TPSA) is 116 Å². The summed E-state index contributed by atoms with van der Waals surface area (Å²) in [6.07, 6.45) is 3.65. The van der Waals surface area contributed by atoms with Crippen molar-refractivity contribution in [3.05, 3.63) is 51.9 Å². The van der Waals surface area contributed by atoms with Crippen LogP contribution in [0.15, 0.2) is 35.3 Å². The third kappa shape index (κ3) is 3.83. The molecule has 0 spiro atoms. The number of rotatable bonds is 4. The van der Waals surface area contributed by atoms with Gasteiger partial charge in [0.25, 0.3) is 5.56 Å². The number of nitriles is 1. The molecule has 4 heterocycles. The Kier molecular flexibility index (Phi) is 5.55. The minimum atomic E-state index is -0.144. The number of hydrogen-bond donors (Lipinski definition) is 2. The van der Waals surface area contributed by atoms with Crippen LogP contribution in [0.25, 0.3) is 11.0 Å². The van der Waals surface area contributed by atoms with Crippen LogP contribution in [0.1, 0.15) is 24.0 Å². The second-order valence-corrected chi connectivity index (χ2v) is 8.44. The van der Waals surface area contributed by atoms with Crippen molar-refractivity contribution in [1.29, 1.82) is 5.26 Å². The molecule has 2 aromatic heterocycles. The number of aromatic amines is 1. The number of ether oxygens (including phenoxy) is 1. The van der Waals surface area contributed by atoms with Crippen LogP contribution in [-0.4, -0.2) is 60.0 Å². The second-order valence-electron chi connectivity index (χ2n) is 8.44. The van der Waals surface area contributed by atoms with E-state index >= 15 is 0 Å². The maximum atomic E-state index is 13.4. The van der Waals surface area contributed by atoms with Gasteiger partial charge in [-0.15, -0.1) is 0 Å². The monoisotopic (exact) mass is 433 g/mol. The highest BCUT2D eigenvalue weighted by molar-refractivity contribution is 5.75. The van der Waals surface area contributed by atoms with Crippen LogP contribution in [0.3, 0.4) is 0 Å². The van der Waals surface area contributed by atoms with Gasteiger partial charge in [-0.2, -0.15) is 5.26 Å². The molecule has 0 saturated carbocycles. The molecule has 2 saturated heterocycles. The number of nitrogens with zero attached hydrogens (tertiary/aromatic N) is 5. The number of hydrogen-bond acceptors (Lipinski definition) is 7. The van der Waals surface area contributed by atoms with Crippen LogP contribution in [0, 0.1) is 11.3 Å². The molecule has 3 aromatic rings. The molecule has 2 fully saturated rings. The van der Waals surface area contributed by atoms with Gasteiger partial charge in [-0.05, 0) is 42.7 Å². The first kappa shape index (κ1) is 20.5. The largest absolute Gasteiger partial charge is 0.378 e. The Hall–Kier alpha value is -3.35. The SMILES string of the molecule is N#Cc1ccc(N2CCOCC2)cc1Cn1c(N2CCC[C@@H](N)C2)nc2cc[nH]c2c1=O. The van der Waals surface area contributed by atoms with Crippen molar-refractivity contribution < 1.29 is 4.74 Å². The Labute approximate surface area is 186 Å². The van der Waals surface area contributed by atoms with E-state index in [0.29, 0.717) is 42.3 Å². The van der Waals surface area contributed by atoms with Gasteiger partial charge in [0.05, 0.1) is 36.9 Å². The van der Waals surface area contributed by atoms with Gasteiger partial charge in [-0.25, -0.2) is 4.98 Å². The Morgan fingerprint density at radius 3 is 2.84 bits per heavy atom. The molecule has 0 radical (unpaired) electrons.